The van der Waals surface area contributed by atoms with Crippen molar-refractivity contribution in [2.45, 2.75) is 87.4 Å². The predicted molar refractivity (Wildman–Crippen MR) is 120 cm³/mol. The van der Waals surface area contributed by atoms with Crippen LogP contribution in [0.2, 0.25) is 0 Å². The monoisotopic (exact) mass is 404 g/mol. The van der Waals surface area contributed by atoms with Crippen LogP contribution in [0.25, 0.3) is 6.08 Å². The molecule has 0 unspecified atom stereocenters. The number of carbonyl (C=O) groups is 2. The van der Waals surface area contributed by atoms with Crippen molar-refractivity contribution in [1.82, 2.24) is 0 Å². The summed E-state index contributed by atoms with van der Waals surface area (Å²) in [6.07, 6.45) is 3.37. The van der Waals surface area contributed by atoms with E-state index in [1.807, 2.05) is 86.6 Å². The summed E-state index contributed by atoms with van der Waals surface area (Å²) < 4.78 is 10.5. The van der Waals surface area contributed by atoms with Crippen LogP contribution in [0.3, 0.4) is 0 Å². The molecule has 0 aliphatic heterocycles. The summed E-state index contributed by atoms with van der Waals surface area (Å²) >= 11 is 0. The van der Waals surface area contributed by atoms with Crippen LogP contribution in [0.4, 0.5) is 0 Å². The summed E-state index contributed by atoms with van der Waals surface area (Å²) in [7, 11) is 0. The van der Waals surface area contributed by atoms with Crippen LogP contribution in [0.5, 0.6) is 0 Å². The third kappa shape index (κ3) is 10.3. The molecule has 0 aliphatic rings. The number of benzene rings is 1. The van der Waals surface area contributed by atoms with Crippen LogP contribution < -0.4 is 0 Å². The third-order valence-electron chi connectivity index (χ3n) is 4.86. The Morgan fingerprint density at radius 1 is 0.862 bits per heavy atom. The number of ether oxygens (including phenoxy) is 2. The van der Waals surface area contributed by atoms with E-state index in [1.165, 1.54) is 0 Å². The van der Waals surface area contributed by atoms with Gasteiger partial charge in [0.1, 0.15) is 12.2 Å². The van der Waals surface area contributed by atoms with Crippen molar-refractivity contribution in [2.75, 3.05) is 0 Å². The van der Waals surface area contributed by atoms with E-state index >= 15 is 0 Å². The van der Waals surface area contributed by atoms with E-state index in [0.717, 1.165) is 24.0 Å². The molecule has 0 radical (unpaired) electrons. The maximum atomic E-state index is 11.8. The zero-order valence-corrected chi connectivity index (χ0v) is 19.8. The standard InChI is InChI=1S/C15H20O2.C10H20O2/c1-5-12-7-9-13(10-8-12)11-17-14(16)15(3,4)6-2;1-7-10(5,6)8(11)12-9(2,3)4/h5,7-10H,1,6,11H2,2-4H3;7H2,1-6H3. The molecule has 0 saturated heterocycles. The minimum absolute atomic E-state index is 0.113. The zero-order valence-electron chi connectivity index (χ0n) is 19.8. The fourth-order valence-electron chi connectivity index (χ4n) is 1.80. The molecular formula is C25H40O4. The lowest BCUT2D eigenvalue weighted by Crippen LogP contribution is -2.33. The number of esters is 2. The van der Waals surface area contributed by atoms with E-state index in [1.54, 1.807) is 6.08 Å². The van der Waals surface area contributed by atoms with Gasteiger partial charge in [-0.2, -0.15) is 0 Å². The first-order valence-electron chi connectivity index (χ1n) is 10.3. The Kier molecular flexibility index (Phi) is 10.4. The highest BCUT2D eigenvalue weighted by molar-refractivity contribution is 5.76. The van der Waals surface area contributed by atoms with E-state index < -0.39 is 5.41 Å². The Morgan fingerprint density at radius 2 is 1.31 bits per heavy atom. The van der Waals surface area contributed by atoms with E-state index in [0.29, 0.717) is 6.61 Å². The van der Waals surface area contributed by atoms with Gasteiger partial charge in [-0.05, 0) is 72.4 Å². The molecular weight excluding hydrogens is 364 g/mol. The first-order valence-corrected chi connectivity index (χ1v) is 10.3. The van der Waals surface area contributed by atoms with Crippen LogP contribution in [0.15, 0.2) is 30.8 Å². The summed E-state index contributed by atoms with van der Waals surface area (Å²) in [6, 6.07) is 7.81. The zero-order chi connectivity index (χ0) is 22.9. The molecule has 164 valence electrons. The van der Waals surface area contributed by atoms with Gasteiger partial charge in [0.25, 0.3) is 0 Å². The van der Waals surface area contributed by atoms with Gasteiger partial charge in [0.05, 0.1) is 10.8 Å². The molecule has 1 aromatic rings. The molecule has 4 nitrogen and oxygen atoms in total. The summed E-state index contributed by atoms with van der Waals surface area (Å²) in [4.78, 5) is 23.2. The Bertz CT molecular complexity index is 661. The van der Waals surface area contributed by atoms with Crippen molar-refractivity contribution < 1.29 is 19.1 Å². The third-order valence-corrected chi connectivity index (χ3v) is 4.86. The van der Waals surface area contributed by atoms with Gasteiger partial charge in [0, 0.05) is 0 Å². The largest absolute Gasteiger partial charge is 0.460 e. The number of hydrogen-bond donors (Lipinski definition) is 0. The fourth-order valence-corrected chi connectivity index (χ4v) is 1.80. The molecule has 1 aromatic carbocycles. The topological polar surface area (TPSA) is 52.6 Å². The van der Waals surface area contributed by atoms with Crippen molar-refractivity contribution in [3.05, 3.63) is 42.0 Å². The van der Waals surface area contributed by atoms with Gasteiger partial charge in [0.2, 0.25) is 0 Å². The molecule has 0 aromatic heterocycles. The molecule has 0 spiro atoms. The smallest absolute Gasteiger partial charge is 0.312 e. The summed E-state index contributed by atoms with van der Waals surface area (Å²) in [6.45, 7) is 21.3. The molecule has 0 fully saturated rings. The minimum Gasteiger partial charge on any atom is -0.460 e. The second-order valence-electron chi connectivity index (χ2n) is 9.50. The van der Waals surface area contributed by atoms with Crippen LogP contribution in [0, 0.1) is 10.8 Å². The molecule has 0 saturated carbocycles. The molecule has 0 heterocycles. The Labute approximate surface area is 177 Å². The first-order chi connectivity index (χ1) is 13.2. The van der Waals surface area contributed by atoms with Gasteiger partial charge in [0.15, 0.2) is 0 Å². The molecule has 0 aliphatic carbocycles. The maximum absolute atomic E-state index is 11.8. The van der Waals surface area contributed by atoms with Crippen molar-refractivity contribution in [1.29, 1.82) is 0 Å². The van der Waals surface area contributed by atoms with Crippen molar-refractivity contribution in [2.24, 2.45) is 10.8 Å². The van der Waals surface area contributed by atoms with E-state index in [9.17, 15) is 9.59 Å². The Morgan fingerprint density at radius 3 is 1.69 bits per heavy atom. The highest BCUT2D eigenvalue weighted by atomic mass is 16.6. The second-order valence-corrected chi connectivity index (χ2v) is 9.50. The van der Waals surface area contributed by atoms with Crippen LogP contribution in [-0.2, 0) is 25.7 Å². The Hall–Kier alpha value is -2.10. The lowest BCUT2D eigenvalue weighted by atomic mass is 9.90. The summed E-state index contributed by atoms with van der Waals surface area (Å²) in [5.74, 6) is -0.259. The summed E-state index contributed by atoms with van der Waals surface area (Å²) in [5, 5.41) is 0. The highest BCUT2D eigenvalue weighted by Crippen LogP contribution is 2.24. The van der Waals surface area contributed by atoms with Crippen LogP contribution in [0.1, 0.15) is 86.3 Å². The van der Waals surface area contributed by atoms with Crippen molar-refractivity contribution in [3.8, 4) is 0 Å². The number of hydrogen-bond acceptors (Lipinski definition) is 4. The molecule has 0 amide bonds. The average Bonchev–Trinajstić information content (AvgIpc) is 2.65. The second kappa shape index (κ2) is 11.2. The van der Waals surface area contributed by atoms with E-state index in [-0.39, 0.29) is 23.0 Å². The van der Waals surface area contributed by atoms with Crippen molar-refractivity contribution >= 4 is 18.0 Å². The van der Waals surface area contributed by atoms with Gasteiger partial charge < -0.3 is 9.47 Å². The van der Waals surface area contributed by atoms with Crippen LogP contribution in [-0.4, -0.2) is 17.5 Å². The molecule has 1 rings (SSSR count). The highest BCUT2D eigenvalue weighted by Gasteiger charge is 2.30. The van der Waals surface area contributed by atoms with Gasteiger partial charge >= 0.3 is 11.9 Å². The van der Waals surface area contributed by atoms with Gasteiger partial charge in [-0.3, -0.25) is 9.59 Å². The number of carbonyl (C=O) groups excluding carboxylic acids is 2. The van der Waals surface area contributed by atoms with Gasteiger partial charge in [-0.1, -0.05) is 50.8 Å². The van der Waals surface area contributed by atoms with Crippen LogP contribution >= 0.6 is 0 Å². The molecule has 4 heteroatoms. The molecule has 0 N–H and O–H groups in total. The van der Waals surface area contributed by atoms with E-state index in [4.69, 9.17) is 9.47 Å². The quantitative estimate of drug-likeness (QED) is 0.482. The predicted octanol–water partition coefficient (Wildman–Crippen LogP) is 6.57. The average molecular weight is 405 g/mol. The number of rotatable bonds is 7. The van der Waals surface area contributed by atoms with Gasteiger partial charge in [-0.15, -0.1) is 0 Å². The normalized spacial score (nSPS) is 11.8. The lowest BCUT2D eigenvalue weighted by molar-refractivity contribution is -0.165. The van der Waals surface area contributed by atoms with Crippen molar-refractivity contribution in [3.63, 3.8) is 0 Å². The SMILES string of the molecule is C=Cc1ccc(COC(=O)C(C)(C)CC)cc1.CCC(C)(C)C(=O)OC(C)(C)C. The van der Waals surface area contributed by atoms with Gasteiger partial charge in [-0.25, -0.2) is 0 Å². The molecule has 0 atom stereocenters. The Balaban J connectivity index is 0.000000578. The summed E-state index contributed by atoms with van der Waals surface area (Å²) in [5.41, 5.74) is 0.933. The maximum Gasteiger partial charge on any atom is 0.312 e. The minimum atomic E-state index is -0.402. The fraction of sp³-hybridized carbons (Fsp3) is 0.600. The molecule has 0 bridgehead atoms. The first kappa shape index (κ1) is 26.9. The molecule has 29 heavy (non-hydrogen) atoms. The van der Waals surface area contributed by atoms with E-state index in [2.05, 4.69) is 6.58 Å². The lowest BCUT2D eigenvalue weighted by Gasteiger charge is -2.27.